The van der Waals surface area contributed by atoms with Crippen molar-refractivity contribution in [1.29, 1.82) is 0 Å². The first-order valence-electron chi connectivity index (χ1n) is 12.7. The number of hydrogen-bond donors (Lipinski definition) is 1. The number of rotatable bonds is 8. The summed E-state index contributed by atoms with van der Waals surface area (Å²) in [6.07, 6.45) is 1.83. The van der Waals surface area contributed by atoms with Crippen LogP contribution in [0.25, 0.3) is 11.1 Å². The van der Waals surface area contributed by atoms with E-state index in [2.05, 4.69) is 52.7 Å². The zero-order valence-electron chi connectivity index (χ0n) is 21.0. The van der Waals surface area contributed by atoms with Gasteiger partial charge in [-0.15, -0.1) is 0 Å². The summed E-state index contributed by atoms with van der Waals surface area (Å²) in [4.78, 5) is 15.3. The number of nitrogens with zero attached hydrogens (tertiary/aromatic N) is 1. The minimum Gasteiger partial charge on any atom is -0.497 e. The molecule has 4 aromatic rings. The number of halogens is 1. The van der Waals surface area contributed by atoms with Crippen LogP contribution < -0.4 is 15.0 Å². The second-order valence-corrected chi connectivity index (χ2v) is 9.54. The number of methoxy groups -OCH3 is 1. The van der Waals surface area contributed by atoms with Crippen molar-refractivity contribution in [3.63, 3.8) is 0 Å². The largest absolute Gasteiger partial charge is 0.497 e. The average Bonchev–Trinajstić information content (AvgIpc) is 2.93. The van der Waals surface area contributed by atoms with Crippen LogP contribution in [0.4, 0.5) is 10.1 Å². The lowest BCUT2D eigenvalue weighted by Gasteiger charge is -2.37. The van der Waals surface area contributed by atoms with Gasteiger partial charge in [0.25, 0.3) is 0 Å². The number of carbonyl (C=O) groups is 1. The highest BCUT2D eigenvalue weighted by Gasteiger charge is 2.26. The molecule has 0 saturated carbocycles. The fourth-order valence-electron chi connectivity index (χ4n) is 5.01. The van der Waals surface area contributed by atoms with E-state index in [1.54, 1.807) is 19.2 Å². The van der Waals surface area contributed by atoms with Gasteiger partial charge < -0.3 is 15.0 Å². The Labute approximate surface area is 217 Å². The molecule has 1 unspecified atom stereocenters. The van der Waals surface area contributed by atoms with Crippen molar-refractivity contribution in [3.05, 3.63) is 120 Å². The second kappa shape index (κ2) is 11.3. The number of ether oxygens (including phenoxy) is 1. The molecule has 0 saturated heterocycles. The van der Waals surface area contributed by atoms with Gasteiger partial charge in [-0.05, 0) is 77.1 Å². The third-order valence-electron chi connectivity index (χ3n) is 6.86. The summed E-state index contributed by atoms with van der Waals surface area (Å²) in [5.41, 5.74) is 6.68. The molecule has 5 rings (SSSR count). The van der Waals surface area contributed by atoms with E-state index in [0.29, 0.717) is 12.8 Å². The fraction of sp³-hybridized carbons (Fsp3) is 0.219. The molecule has 0 bridgehead atoms. The Morgan fingerprint density at radius 3 is 2.46 bits per heavy atom. The smallest absolute Gasteiger partial charge is 0.220 e. The molecule has 37 heavy (non-hydrogen) atoms. The Bertz CT molecular complexity index is 1360. The number of nitrogens with one attached hydrogen (secondary N) is 1. The molecule has 1 aliphatic heterocycles. The van der Waals surface area contributed by atoms with Crippen LogP contribution in [-0.2, 0) is 24.2 Å². The molecule has 4 aromatic carbocycles. The lowest BCUT2D eigenvalue weighted by atomic mass is 9.93. The summed E-state index contributed by atoms with van der Waals surface area (Å²) in [5.74, 6) is 0.605. The molecule has 1 heterocycles. The van der Waals surface area contributed by atoms with Crippen molar-refractivity contribution >= 4 is 11.6 Å². The third-order valence-corrected chi connectivity index (χ3v) is 6.86. The quantitative estimate of drug-likeness (QED) is 0.318. The maximum atomic E-state index is 13.5. The highest BCUT2D eigenvalue weighted by molar-refractivity contribution is 5.77. The van der Waals surface area contributed by atoms with Crippen molar-refractivity contribution in [2.45, 2.75) is 31.8 Å². The summed E-state index contributed by atoms with van der Waals surface area (Å²) in [6.45, 7) is 1.50. The molecule has 1 amide bonds. The molecule has 1 atom stereocenters. The number of hydrogen-bond acceptors (Lipinski definition) is 3. The molecule has 188 valence electrons. The molecular formula is C32H31FN2O2. The van der Waals surface area contributed by atoms with Gasteiger partial charge in [-0.3, -0.25) is 4.79 Å². The maximum Gasteiger partial charge on any atom is 0.220 e. The van der Waals surface area contributed by atoms with Crippen LogP contribution in [0.2, 0.25) is 0 Å². The molecule has 0 aromatic heterocycles. The van der Waals surface area contributed by atoms with Gasteiger partial charge in [-0.25, -0.2) is 4.39 Å². The number of carbonyl (C=O) groups excluding carboxylic acids is 1. The van der Waals surface area contributed by atoms with E-state index in [1.165, 1.54) is 28.9 Å². The Balaban J connectivity index is 1.33. The third kappa shape index (κ3) is 6.18. The van der Waals surface area contributed by atoms with Crippen molar-refractivity contribution in [2.75, 3.05) is 18.6 Å². The molecule has 0 fully saturated rings. The molecule has 0 radical (unpaired) electrons. The minimum absolute atomic E-state index is 0.00232. The van der Waals surface area contributed by atoms with Gasteiger partial charge in [0.05, 0.1) is 13.2 Å². The summed E-state index contributed by atoms with van der Waals surface area (Å²) < 4.78 is 18.8. The van der Waals surface area contributed by atoms with Gasteiger partial charge in [-0.1, -0.05) is 60.7 Å². The monoisotopic (exact) mass is 494 g/mol. The van der Waals surface area contributed by atoms with E-state index in [4.69, 9.17) is 4.74 Å². The van der Waals surface area contributed by atoms with E-state index in [1.807, 2.05) is 30.3 Å². The zero-order valence-corrected chi connectivity index (χ0v) is 21.0. The summed E-state index contributed by atoms with van der Waals surface area (Å²) in [7, 11) is 1.65. The van der Waals surface area contributed by atoms with Gasteiger partial charge in [0.2, 0.25) is 5.91 Å². The number of fused-ring (bicyclic) bond motifs is 1. The van der Waals surface area contributed by atoms with E-state index >= 15 is 0 Å². The van der Waals surface area contributed by atoms with E-state index in [-0.39, 0.29) is 17.8 Å². The molecule has 5 heteroatoms. The predicted molar refractivity (Wildman–Crippen MR) is 146 cm³/mol. The predicted octanol–water partition coefficient (Wildman–Crippen LogP) is 6.18. The highest BCUT2D eigenvalue weighted by atomic mass is 19.1. The molecular weight excluding hydrogens is 463 g/mol. The van der Waals surface area contributed by atoms with Gasteiger partial charge in [-0.2, -0.15) is 0 Å². The van der Waals surface area contributed by atoms with Crippen molar-refractivity contribution in [3.8, 4) is 16.9 Å². The highest BCUT2D eigenvalue weighted by Crippen LogP contribution is 2.33. The van der Waals surface area contributed by atoms with Gasteiger partial charge >= 0.3 is 0 Å². The van der Waals surface area contributed by atoms with Crippen LogP contribution in [0.1, 0.15) is 23.1 Å². The molecule has 0 spiro atoms. The van der Waals surface area contributed by atoms with Crippen molar-refractivity contribution < 1.29 is 13.9 Å². The normalized spacial score (nSPS) is 14.6. The number of anilines is 1. The number of benzene rings is 4. The minimum atomic E-state index is -0.243. The maximum absolute atomic E-state index is 13.5. The standard InChI is InChI=1S/C32H31FN2O2/c1-37-30-9-5-8-23(18-30)10-17-32(36)34-29-20-27-19-26(25-11-14-28(33)15-12-25)13-16-31(27)35(22-29)21-24-6-3-2-4-7-24/h2-9,11-16,18-19,29H,10,17,20-22H2,1H3,(H,34,36). The first kappa shape index (κ1) is 24.6. The van der Waals surface area contributed by atoms with Gasteiger partial charge in [0, 0.05) is 25.2 Å². The SMILES string of the molecule is COc1cccc(CCC(=O)NC2Cc3cc(-c4ccc(F)cc4)ccc3N(Cc3ccccc3)C2)c1. The Morgan fingerprint density at radius 1 is 0.919 bits per heavy atom. The average molecular weight is 495 g/mol. The summed E-state index contributed by atoms with van der Waals surface area (Å²) in [5, 5.41) is 3.28. The molecule has 0 aliphatic carbocycles. The number of amides is 1. The van der Waals surface area contributed by atoms with Crippen LogP contribution >= 0.6 is 0 Å². The zero-order chi connectivity index (χ0) is 25.6. The molecule has 4 nitrogen and oxygen atoms in total. The van der Waals surface area contributed by atoms with Crippen LogP contribution in [0.3, 0.4) is 0 Å². The molecule has 1 aliphatic rings. The van der Waals surface area contributed by atoms with E-state index < -0.39 is 0 Å². The number of aryl methyl sites for hydroxylation is 1. The first-order valence-corrected chi connectivity index (χ1v) is 12.7. The Hall–Kier alpha value is -4.12. The van der Waals surface area contributed by atoms with E-state index in [0.717, 1.165) is 42.0 Å². The van der Waals surface area contributed by atoms with Crippen molar-refractivity contribution in [1.82, 2.24) is 5.32 Å². The van der Waals surface area contributed by atoms with Crippen LogP contribution in [0.5, 0.6) is 5.75 Å². The lowest BCUT2D eigenvalue weighted by molar-refractivity contribution is -0.121. The summed E-state index contributed by atoms with van der Waals surface area (Å²) in [6, 6.07) is 31.2. The Kier molecular flexibility index (Phi) is 7.50. The topological polar surface area (TPSA) is 41.6 Å². The van der Waals surface area contributed by atoms with Gasteiger partial charge in [0.15, 0.2) is 0 Å². The second-order valence-electron chi connectivity index (χ2n) is 9.54. The molecule has 1 N–H and O–H groups in total. The van der Waals surface area contributed by atoms with Crippen LogP contribution in [0.15, 0.2) is 97.1 Å². The van der Waals surface area contributed by atoms with Crippen molar-refractivity contribution in [2.24, 2.45) is 0 Å². The fourth-order valence-corrected chi connectivity index (χ4v) is 5.01. The van der Waals surface area contributed by atoms with Crippen LogP contribution in [-0.4, -0.2) is 25.6 Å². The summed E-state index contributed by atoms with van der Waals surface area (Å²) >= 11 is 0. The van der Waals surface area contributed by atoms with Crippen LogP contribution in [0, 0.1) is 5.82 Å². The van der Waals surface area contributed by atoms with Gasteiger partial charge in [0.1, 0.15) is 11.6 Å². The first-order chi connectivity index (χ1) is 18.1. The Morgan fingerprint density at radius 2 is 1.68 bits per heavy atom. The lowest BCUT2D eigenvalue weighted by Crippen LogP contribution is -2.48. The van der Waals surface area contributed by atoms with E-state index in [9.17, 15) is 9.18 Å².